The van der Waals surface area contributed by atoms with Crippen molar-refractivity contribution in [2.45, 2.75) is 38.1 Å². The van der Waals surface area contributed by atoms with E-state index in [2.05, 4.69) is 19.1 Å². The molecular formula is C18H23NO4. The number of hydrogen-bond donors (Lipinski definition) is 1. The lowest BCUT2D eigenvalue weighted by molar-refractivity contribution is -0.148. The molecule has 5 heteroatoms. The van der Waals surface area contributed by atoms with Crippen LogP contribution in [0.5, 0.6) is 0 Å². The number of benzene rings is 1. The first-order valence-corrected chi connectivity index (χ1v) is 8.23. The zero-order valence-electron chi connectivity index (χ0n) is 13.4. The minimum Gasteiger partial charge on any atom is -0.480 e. The highest BCUT2D eigenvalue weighted by Crippen LogP contribution is 2.49. The molecule has 1 aromatic carbocycles. The number of carbonyl (C=O) groups is 2. The third-order valence-corrected chi connectivity index (χ3v) is 4.92. The first kappa shape index (κ1) is 16.0. The quantitative estimate of drug-likeness (QED) is 0.904. The van der Waals surface area contributed by atoms with Gasteiger partial charge in [-0.15, -0.1) is 0 Å². The van der Waals surface area contributed by atoms with E-state index in [0.717, 1.165) is 19.3 Å². The Balaban J connectivity index is 1.71. The third-order valence-electron chi connectivity index (χ3n) is 4.92. The highest BCUT2D eigenvalue weighted by molar-refractivity contribution is 5.86. The van der Waals surface area contributed by atoms with Crippen LogP contribution in [0.15, 0.2) is 24.3 Å². The number of aryl methyl sites for hydroxylation is 1. The van der Waals surface area contributed by atoms with Crippen LogP contribution in [0.1, 0.15) is 36.3 Å². The number of aliphatic carboxylic acids is 1. The summed E-state index contributed by atoms with van der Waals surface area (Å²) >= 11 is 0. The Labute approximate surface area is 136 Å². The zero-order chi connectivity index (χ0) is 16.4. The van der Waals surface area contributed by atoms with E-state index in [-0.39, 0.29) is 30.3 Å². The predicted molar refractivity (Wildman–Crippen MR) is 85.2 cm³/mol. The van der Waals surface area contributed by atoms with Gasteiger partial charge in [0.05, 0.1) is 0 Å². The molecule has 1 aliphatic heterocycles. The van der Waals surface area contributed by atoms with Crippen LogP contribution >= 0.6 is 0 Å². The van der Waals surface area contributed by atoms with Gasteiger partial charge in [-0.25, -0.2) is 0 Å². The van der Waals surface area contributed by atoms with E-state index >= 15 is 0 Å². The van der Waals surface area contributed by atoms with Crippen LogP contribution in [0, 0.1) is 12.8 Å². The molecule has 0 unspecified atom stereocenters. The van der Waals surface area contributed by atoms with E-state index in [0.29, 0.717) is 13.2 Å². The average Bonchev–Trinajstić information content (AvgIpc) is 3.33. The van der Waals surface area contributed by atoms with Gasteiger partial charge < -0.3 is 14.7 Å². The van der Waals surface area contributed by atoms with Crippen molar-refractivity contribution in [3.63, 3.8) is 0 Å². The van der Waals surface area contributed by atoms with Gasteiger partial charge in [0.1, 0.15) is 6.54 Å². The smallest absolute Gasteiger partial charge is 0.323 e. The van der Waals surface area contributed by atoms with E-state index in [1.807, 2.05) is 12.1 Å². The van der Waals surface area contributed by atoms with E-state index in [1.54, 1.807) is 4.90 Å². The number of rotatable bonds is 5. The minimum atomic E-state index is -0.946. The second-order valence-electron chi connectivity index (χ2n) is 6.51. The Hall–Kier alpha value is -1.88. The van der Waals surface area contributed by atoms with Crippen LogP contribution in [0.25, 0.3) is 0 Å². The molecule has 2 aliphatic rings. The maximum atomic E-state index is 12.9. The molecule has 23 heavy (non-hydrogen) atoms. The third kappa shape index (κ3) is 3.55. The molecule has 3 rings (SSSR count). The van der Waals surface area contributed by atoms with Gasteiger partial charge in [-0.05, 0) is 43.2 Å². The van der Waals surface area contributed by atoms with Crippen LogP contribution in [0.3, 0.4) is 0 Å². The summed E-state index contributed by atoms with van der Waals surface area (Å²) in [6.07, 6.45) is 2.27. The summed E-state index contributed by atoms with van der Waals surface area (Å²) in [6.45, 7) is 3.04. The molecule has 2 fully saturated rings. The topological polar surface area (TPSA) is 66.8 Å². The lowest BCUT2D eigenvalue weighted by Gasteiger charge is -2.33. The molecule has 1 saturated heterocycles. The van der Waals surface area contributed by atoms with Crippen molar-refractivity contribution in [1.29, 1.82) is 0 Å². The number of hydrogen-bond acceptors (Lipinski definition) is 3. The molecule has 1 saturated carbocycles. The van der Waals surface area contributed by atoms with Crippen LogP contribution < -0.4 is 0 Å². The first-order valence-electron chi connectivity index (χ1n) is 8.23. The number of carboxylic acids is 1. The SMILES string of the molecule is Cc1ccccc1[C@H]1C[C@H]1C(=O)N(CC(=O)O)C1CCOCC1. The monoisotopic (exact) mass is 317 g/mol. The van der Waals surface area contributed by atoms with Gasteiger partial charge in [0.15, 0.2) is 0 Å². The summed E-state index contributed by atoms with van der Waals surface area (Å²) in [5.41, 5.74) is 2.41. The van der Waals surface area contributed by atoms with Gasteiger partial charge in [-0.1, -0.05) is 24.3 Å². The summed E-state index contributed by atoms with van der Waals surface area (Å²) < 4.78 is 5.33. The van der Waals surface area contributed by atoms with E-state index in [9.17, 15) is 9.59 Å². The molecule has 0 radical (unpaired) electrons. The molecule has 2 atom stereocenters. The van der Waals surface area contributed by atoms with E-state index in [1.165, 1.54) is 11.1 Å². The highest BCUT2D eigenvalue weighted by Gasteiger charge is 2.47. The van der Waals surface area contributed by atoms with Crippen LogP contribution in [0.4, 0.5) is 0 Å². The summed E-state index contributed by atoms with van der Waals surface area (Å²) in [7, 11) is 0. The molecule has 0 bridgehead atoms. The molecule has 1 amide bonds. The maximum Gasteiger partial charge on any atom is 0.323 e. The summed E-state index contributed by atoms with van der Waals surface area (Å²) in [6, 6.07) is 8.11. The van der Waals surface area contributed by atoms with Crippen molar-refractivity contribution in [1.82, 2.24) is 4.90 Å². The molecule has 1 aliphatic carbocycles. The van der Waals surface area contributed by atoms with Crippen molar-refractivity contribution in [3.8, 4) is 0 Å². The Bertz CT molecular complexity index is 594. The van der Waals surface area contributed by atoms with E-state index < -0.39 is 5.97 Å². The van der Waals surface area contributed by atoms with Crippen molar-refractivity contribution in [3.05, 3.63) is 35.4 Å². The molecule has 1 N–H and O–H groups in total. The van der Waals surface area contributed by atoms with Crippen LogP contribution in [0.2, 0.25) is 0 Å². The number of ether oxygens (including phenoxy) is 1. The van der Waals surface area contributed by atoms with Crippen molar-refractivity contribution in [2.24, 2.45) is 5.92 Å². The lowest BCUT2D eigenvalue weighted by atomic mass is 10.0. The Morgan fingerprint density at radius 3 is 2.61 bits per heavy atom. The number of carboxylic acid groups (broad SMARTS) is 1. The lowest BCUT2D eigenvalue weighted by Crippen LogP contribution is -2.46. The maximum absolute atomic E-state index is 12.9. The van der Waals surface area contributed by atoms with Gasteiger partial charge in [0, 0.05) is 25.2 Å². The molecule has 0 aromatic heterocycles. The summed E-state index contributed by atoms with van der Waals surface area (Å²) in [5, 5.41) is 9.17. The average molecular weight is 317 g/mol. The molecule has 0 spiro atoms. The molecule has 1 aromatic rings. The zero-order valence-corrected chi connectivity index (χ0v) is 13.4. The fourth-order valence-corrected chi connectivity index (χ4v) is 3.56. The predicted octanol–water partition coefficient (Wildman–Crippen LogP) is 2.19. The summed E-state index contributed by atoms with van der Waals surface area (Å²) in [5.74, 6) is -0.788. The molecule has 124 valence electrons. The van der Waals surface area contributed by atoms with Gasteiger partial charge >= 0.3 is 5.97 Å². The van der Waals surface area contributed by atoms with Gasteiger partial charge in [0.25, 0.3) is 0 Å². The number of carbonyl (C=O) groups excluding carboxylic acids is 1. The van der Waals surface area contributed by atoms with Crippen molar-refractivity contribution < 1.29 is 19.4 Å². The van der Waals surface area contributed by atoms with Gasteiger partial charge in [0.2, 0.25) is 5.91 Å². The highest BCUT2D eigenvalue weighted by atomic mass is 16.5. The first-order chi connectivity index (χ1) is 11.1. The fourth-order valence-electron chi connectivity index (χ4n) is 3.56. The number of nitrogens with zero attached hydrogens (tertiary/aromatic N) is 1. The van der Waals surface area contributed by atoms with Gasteiger partial charge in [-0.2, -0.15) is 0 Å². The Kier molecular flexibility index (Phi) is 4.66. The number of amides is 1. The Morgan fingerprint density at radius 1 is 1.26 bits per heavy atom. The molecule has 1 heterocycles. The fraction of sp³-hybridized carbons (Fsp3) is 0.556. The normalized spacial score (nSPS) is 24.2. The molecule has 5 nitrogen and oxygen atoms in total. The van der Waals surface area contributed by atoms with E-state index in [4.69, 9.17) is 9.84 Å². The second-order valence-corrected chi connectivity index (χ2v) is 6.51. The minimum absolute atomic E-state index is 0.00690. The second kappa shape index (κ2) is 6.71. The van der Waals surface area contributed by atoms with Crippen molar-refractivity contribution in [2.75, 3.05) is 19.8 Å². The largest absolute Gasteiger partial charge is 0.480 e. The van der Waals surface area contributed by atoms with Gasteiger partial charge in [-0.3, -0.25) is 9.59 Å². The summed E-state index contributed by atoms with van der Waals surface area (Å²) in [4.78, 5) is 25.6. The van der Waals surface area contributed by atoms with Crippen molar-refractivity contribution >= 4 is 11.9 Å². The standard InChI is InChI=1S/C18H23NO4/c1-12-4-2-3-5-14(12)15-10-16(15)18(22)19(11-17(20)21)13-6-8-23-9-7-13/h2-5,13,15-16H,6-11H2,1H3,(H,20,21)/t15-,16-/m1/s1. The van der Waals surface area contributed by atoms with Crippen LogP contribution in [-0.4, -0.2) is 47.7 Å². The van der Waals surface area contributed by atoms with Crippen LogP contribution in [-0.2, 0) is 14.3 Å². The molecular weight excluding hydrogens is 294 g/mol. The Morgan fingerprint density at radius 2 is 1.96 bits per heavy atom.